The topological polar surface area (TPSA) is 38.2 Å². The monoisotopic (exact) mass is 367 g/mol. The van der Waals surface area contributed by atoms with Crippen molar-refractivity contribution in [3.8, 4) is 5.75 Å². The fourth-order valence-electron chi connectivity index (χ4n) is 2.41. The Kier molecular flexibility index (Phi) is 4.75. The number of rotatable bonds is 4. The van der Waals surface area contributed by atoms with Crippen LogP contribution in [0.1, 0.15) is 25.6 Å². The van der Waals surface area contributed by atoms with Crippen LogP contribution in [-0.4, -0.2) is 28.6 Å². The van der Waals surface area contributed by atoms with Gasteiger partial charge in [0.05, 0.1) is 0 Å². The molecule has 4 nitrogen and oxygen atoms in total. The number of hydrogen-bond donors (Lipinski definition) is 0. The van der Waals surface area contributed by atoms with Gasteiger partial charge in [0.15, 0.2) is 0 Å². The van der Waals surface area contributed by atoms with Gasteiger partial charge in [-0.3, -0.25) is 0 Å². The largest absolute Gasteiger partial charge is 0.490 e. The minimum Gasteiger partial charge on any atom is -0.490 e. The predicted molar refractivity (Wildman–Crippen MR) is 89.3 cm³/mol. The van der Waals surface area contributed by atoms with E-state index in [1.54, 1.807) is 0 Å². The quantitative estimate of drug-likeness (QED) is 0.820. The molecule has 1 aliphatic rings. The minimum atomic E-state index is 0.286. The molecule has 21 heavy (non-hydrogen) atoms. The van der Waals surface area contributed by atoms with Crippen molar-refractivity contribution in [3.05, 3.63) is 34.6 Å². The molecule has 0 spiro atoms. The average molecular weight is 368 g/mol. The Balaban J connectivity index is 1.55. The first-order chi connectivity index (χ1) is 10.2. The molecule has 0 unspecified atom stereocenters. The summed E-state index contributed by atoms with van der Waals surface area (Å²) in [6.07, 6.45) is 3.23. The van der Waals surface area contributed by atoms with Crippen molar-refractivity contribution in [2.45, 2.75) is 32.3 Å². The van der Waals surface area contributed by atoms with Crippen molar-refractivity contribution in [2.24, 2.45) is 0 Å². The summed E-state index contributed by atoms with van der Waals surface area (Å²) in [5.74, 6) is 1.88. The number of halogens is 1. The highest BCUT2D eigenvalue weighted by atomic mass is 79.9. The Bertz CT molecular complexity index is 596. The molecule has 1 aromatic heterocycles. The van der Waals surface area contributed by atoms with E-state index in [0.717, 1.165) is 53.5 Å². The summed E-state index contributed by atoms with van der Waals surface area (Å²) in [7, 11) is 0. The van der Waals surface area contributed by atoms with Gasteiger partial charge in [-0.2, -0.15) is 4.37 Å². The summed E-state index contributed by atoms with van der Waals surface area (Å²) in [6.45, 7) is 4.05. The van der Waals surface area contributed by atoms with Gasteiger partial charge in [0.1, 0.15) is 17.7 Å². The van der Waals surface area contributed by atoms with Crippen LogP contribution in [0, 0.1) is 0 Å². The van der Waals surface area contributed by atoms with Crippen molar-refractivity contribution in [1.82, 2.24) is 9.36 Å². The smallest absolute Gasteiger partial charge is 0.205 e. The molecule has 2 aromatic rings. The zero-order chi connectivity index (χ0) is 14.7. The molecular formula is C15H18BrN3OS. The number of benzene rings is 1. The van der Waals surface area contributed by atoms with Gasteiger partial charge in [0.25, 0.3) is 0 Å². The first-order valence-corrected chi connectivity index (χ1v) is 8.81. The molecule has 0 aliphatic carbocycles. The zero-order valence-electron chi connectivity index (χ0n) is 12.0. The molecule has 0 amide bonds. The Hall–Kier alpha value is -1.14. The molecule has 1 aromatic carbocycles. The third-order valence-corrected chi connectivity index (χ3v) is 4.89. The first-order valence-electron chi connectivity index (χ1n) is 7.24. The normalized spacial score (nSPS) is 16.2. The van der Waals surface area contributed by atoms with Gasteiger partial charge in [0.2, 0.25) is 5.13 Å². The minimum absolute atomic E-state index is 0.286. The van der Waals surface area contributed by atoms with Crippen LogP contribution in [0.2, 0.25) is 0 Å². The average Bonchev–Trinajstić information content (AvgIpc) is 2.97. The van der Waals surface area contributed by atoms with Crippen LogP contribution in [0.25, 0.3) is 0 Å². The second-order valence-electron chi connectivity index (χ2n) is 5.11. The standard InChI is InChI=1S/C15H18BrN3OS/c1-2-14-17-15(21-18-14)19-8-6-12(7-9-19)20-13-5-3-4-11(16)10-13/h3-5,10,12H,2,6-9H2,1H3. The summed E-state index contributed by atoms with van der Waals surface area (Å²) in [5.41, 5.74) is 0. The molecular weight excluding hydrogens is 350 g/mol. The van der Waals surface area contributed by atoms with Gasteiger partial charge in [0, 0.05) is 48.4 Å². The third kappa shape index (κ3) is 3.74. The summed E-state index contributed by atoms with van der Waals surface area (Å²) in [6, 6.07) is 8.04. The highest BCUT2D eigenvalue weighted by Crippen LogP contribution is 2.25. The van der Waals surface area contributed by atoms with E-state index >= 15 is 0 Å². The van der Waals surface area contributed by atoms with Crippen molar-refractivity contribution < 1.29 is 4.74 Å². The molecule has 1 fully saturated rings. The van der Waals surface area contributed by atoms with Crippen molar-refractivity contribution in [3.63, 3.8) is 0 Å². The fourth-order valence-corrected chi connectivity index (χ4v) is 3.59. The summed E-state index contributed by atoms with van der Waals surface area (Å²) in [5, 5.41) is 1.05. The fraction of sp³-hybridized carbons (Fsp3) is 0.467. The Morgan fingerprint density at radius 2 is 2.19 bits per heavy atom. The van der Waals surface area contributed by atoms with E-state index in [4.69, 9.17) is 4.74 Å². The predicted octanol–water partition coefficient (Wildman–Crippen LogP) is 3.91. The van der Waals surface area contributed by atoms with E-state index in [0.29, 0.717) is 0 Å². The highest BCUT2D eigenvalue weighted by Gasteiger charge is 2.22. The molecule has 0 saturated carbocycles. The molecule has 0 radical (unpaired) electrons. The molecule has 0 atom stereocenters. The molecule has 3 rings (SSSR count). The number of piperidine rings is 1. The molecule has 2 heterocycles. The Labute approximate surface area is 137 Å². The first kappa shape index (κ1) is 14.8. The number of ether oxygens (including phenoxy) is 1. The number of aryl methyl sites for hydroxylation is 1. The number of nitrogens with zero attached hydrogens (tertiary/aromatic N) is 3. The summed E-state index contributed by atoms with van der Waals surface area (Å²) >= 11 is 4.98. The van der Waals surface area contributed by atoms with Crippen LogP contribution in [0.15, 0.2) is 28.7 Å². The van der Waals surface area contributed by atoms with E-state index in [9.17, 15) is 0 Å². The van der Waals surface area contributed by atoms with Gasteiger partial charge in [-0.25, -0.2) is 4.98 Å². The number of hydrogen-bond acceptors (Lipinski definition) is 5. The van der Waals surface area contributed by atoms with Crippen LogP contribution in [0.3, 0.4) is 0 Å². The van der Waals surface area contributed by atoms with E-state index in [2.05, 4.69) is 37.1 Å². The molecule has 6 heteroatoms. The maximum absolute atomic E-state index is 6.06. The number of anilines is 1. The maximum Gasteiger partial charge on any atom is 0.205 e. The lowest BCUT2D eigenvalue weighted by atomic mass is 10.1. The highest BCUT2D eigenvalue weighted by molar-refractivity contribution is 9.10. The van der Waals surface area contributed by atoms with E-state index in [-0.39, 0.29) is 6.10 Å². The van der Waals surface area contributed by atoms with Crippen molar-refractivity contribution >= 4 is 32.6 Å². The van der Waals surface area contributed by atoms with Crippen LogP contribution in [-0.2, 0) is 6.42 Å². The van der Waals surface area contributed by atoms with Crippen molar-refractivity contribution in [2.75, 3.05) is 18.0 Å². The number of aromatic nitrogens is 2. The summed E-state index contributed by atoms with van der Waals surface area (Å²) in [4.78, 5) is 6.88. The lowest BCUT2D eigenvalue weighted by molar-refractivity contribution is 0.171. The second-order valence-corrected chi connectivity index (χ2v) is 6.75. The van der Waals surface area contributed by atoms with Gasteiger partial charge in [-0.05, 0) is 18.2 Å². The molecule has 1 aliphatic heterocycles. The molecule has 0 bridgehead atoms. The summed E-state index contributed by atoms with van der Waals surface area (Å²) < 4.78 is 11.5. The SMILES string of the molecule is CCc1nsc(N2CCC(Oc3cccc(Br)c3)CC2)n1. The molecule has 0 N–H and O–H groups in total. The van der Waals surface area contributed by atoms with Crippen LogP contribution < -0.4 is 9.64 Å². The van der Waals surface area contributed by atoms with E-state index in [1.165, 1.54) is 11.5 Å². The van der Waals surface area contributed by atoms with Gasteiger partial charge < -0.3 is 9.64 Å². The second kappa shape index (κ2) is 6.75. The third-order valence-electron chi connectivity index (χ3n) is 3.58. The maximum atomic E-state index is 6.06. The lowest BCUT2D eigenvalue weighted by Gasteiger charge is -2.31. The van der Waals surface area contributed by atoms with Gasteiger partial charge in [-0.1, -0.05) is 28.9 Å². The van der Waals surface area contributed by atoms with E-state index in [1.807, 2.05) is 24.3 Å². The Morgan fingerprint density at radius 1 is 1.38 bits per heavy atom. The van der Waals surface area contributed by atoms with Crippen LogP contribution in [0.5, 0.6) is 5.75 Å². The van der Waals surface area contributed by atoms with Crippen molar-refractivity contribution in [1.29, 1.82) is 0 Å². The van der Waals surface area contributed by atoms with Gasteiger partial charge in [-0.15, -0.1) is 0 Å². The molecule has 1 saturated heterocycles. The van der Waals surface area contributed by atoms with Crippen LogP contribution >= 0.6 is 27.5 Å². The van der Waals surface area contributed by atoms with E-state index < -0.39 is 0 Å². The van der Waals surface area contributed by atoms with Crippen LogP contribution in [0.4, 0.5) is 5.13 Å². The molecule has 112 valence electrons. The lowest BCUT2D eigenvalue weighted by Crippen LogP contribution is -2.38. The van der Waals surface area contributed by atoms with Gasteiger partial charge >= 0.3 is 0 Å². The Morgan fingerprint density at radius 3 is 2.86 bits per heavy atom. The zero-order valence-corrected chi connectivity index (χ0v) is 14.4.